The van der Waals surface area contributed by atoms with E-state index in [0.717, 1.165) is 29.2 Å². The summed E-state index contributed by atoms with van der Waals surface area (Å²) >= 11 is 1.82. The molecule has 0 aliphatic heterocycles. The van der Waals surface area contributed by atoms with Crippen molar-refractivity contribution in [2.45, 2.75) is 20.4 Å². The molecule has 3 aromatic rings. The van der Waals surface area contributed by atoms with Crippen molar-refractivity contribution < 1.29 is 0 Å². The van der Waals surface area contributed by atoms with Crippen LogP contribution in [0.2, 0.25) is 0 Å². The molecule has 0 saturated heterocycles. The normalized spacial score (nSPS) is 11.2. The molecule has 3 aromatic heterocycles. The fraction of sp³-hybridized carbons (Fsp3) is 0.357. The van der Waals surface area contributed by atoms with Gasteiger partial charge in [-0.15, -0.1) is 11.3 Å². The van der Waals surface area contributed by atoms with Gasteiger partial charge in [0.15, 0.2) is 5.65 Å². The van der Waals surface area contributed by atoms with Gasteiger partial charge in [0, 0.05) is 23.8 Å². The zero-order valence-corrected chi connectivity index (χ0v) is 12.9. The van der Waals surface area contributed by atoms with Crippen molar-refractivity contribution in [1.82, 2.24) is 19.7 Å². The average molecular weight is 287 g/mol. The summed E-state index contributed by atoms with van der Waals surface area (Å²) in [7, 11) is 3.96. The first-order chi connectivity index (χ1) is 9.54. The van der Waals surface area contributed by atoms with Crippen LogP contribution in [0.15, 0.2) is 18.3 Å². The van der Waals surface area contributed by atoms with Crippen molar-refractivity contribution >= 4 is 28.2 Å². The Bertz CT molecular complexity index is 758. The highest BCUT2D eigenvalue weighted by molar-refractivity contribution is 7.11. The van der Waals surface area contributed by atoms with Crippen molar-refractivity contribution in [3.05, 3.63) is 33.9 Å². The van der Waals surface area contributed by atoms with Crippen molar-refractivity contribution in [3.8, 4) is 0 Å². The van der Waals surface area contributed by atoms with Gasteiger partial charge in [0.1, 0.15) is 11.6 Å². The van der Waals surface area contributed by atoms with Gasteiger partial charge in [-0.2, -0.15) is 5.10 Å². The Morgan fingerprint density at radius 1 is 1.25 bits per heavy atom. The standard InChI is InChI=1S/C14H17N5S/c1-9-5-6-11(20-9)8-18(3)13-12-7-15-19(4)14(12)17-10(2)16-13/h5-7H,8H2,1-4H3. The minimum absolute atomic E-state index is 0.769. The summed E-state index contributed by atoms with van der Waals surface area (Å²) in [5.41, 5.74) is 0.877. The Morgan fingerprint density at radius 3 is 2.75 bits per heavy atom. The number of aromatic nitrogens is 4. The zero-order chi connectivity index (χ0) is 14.3. The lowest BCUT2D eigenvalue weighted by Crippen LogP contribution is -2.18. The first-order valence-corrected chi connectivity index (χ1v) is 7.29. The van der Waals surface area contributed by atoms with Crippen LogP contribution in [0.25, 0.3) is 11.0 Å². The maximum Gasteiger partial charge on any atom is 0.163 e. The molecule has 0 fully saturated rings. The van der Waals surface area contributed by atoms with Crippen molar-refractivity contribution in [2.24, 2.45) is 7.05 Å². The van der Waals surface area contributed by atoms with Crippen LogP contribution in [0, 0.1) is 13.8 Å². The first kappa shape index (κ1) is 13.1. The second-order valence-electron chi connectivity index (χ2n) is 4.97. The summed E-state index contributed by atoms with van der Waals surface area (Å²) in [4.78, 5) is 13.9. The molecule has 0 unspecified atom stereocenters. The number of anilines is 1. The highest BCUT2D eigenvalue weighted by Crippen LogP contribution is 2.25. The fourth-order valence-electron chi connectivity index (χ4n) is 2.28. The van der Waals surface area contributed by atoms with Gasteiger partial charge in [0.05, 0.1) is 18.1 Å². The van der Waals surface area contributed by atoms with E-state index in [1.807, 2.05) is 31.5 Å². The third kappa shape index (κ3) is 2.27. The molecule has 5 nitrogen and oxygen atoms in total. The summed E-state index contributed by atoms with van der Waals surface area (Å²) < 4.78 is 1.79. The Morgan fingerprint density at radius 2 is 2.05 bits per heavy atom. The van der Waals surface area contributed by atoms with E-state index >= 15 is 0 Å². The minimum Gasteiger partial charge on any atom is -0.354 e. The van der Waals surface area contributed by atoms with Crippen LogP contribution in [0.3, 0.4) is 0 Å². The summed E-state index contributed by atoms with van der Waals surface area (Å²) in [5, 5.41) is 5.28. The lowest BCUT2D eigenvalue weighted by molar-refractivity contribution is 0.782. The highest BCUT2D eigenvalue weighted by Gasteiger charge is 2.14. The number of aryl methyl sites for hydroxylation is 3. The molecule has 104 valence electrons. The molecule has 0 amide bonds. The molecule has 0 saturated carbocycles. The van der Waals surface area contributed by atoms with Crippen molar-refractivity contribution in [3.63, 3.8) is 0 Å². The maximum absolute atomic E-state index is 4.58. The van der Waals surface area contributed by atoms with Crippen LogP contribution >= 0.6 is 11.3 Å². The molecule has 3 heterocycles. The molecule has 0 spiro atoms. The number of fused-ring (bicyclic) bond motifs is 1. The molecule has 20 heavy (non-hydrogen) atoms. The lowest BCUT2D eigenvalue weighted by Gasteiger charge is -2.18. The summed E-state index contributed by atoms with van der Waals surface area (Å²) in [6, 6.07) is 4.32. The maximum atomic E-state index is 4.58. The number of rotatable bonds is 3. The molecule has 0 bridgehead atoms. The van der Waals surface area contributed by atoms with Gasteiger partial charge in [-0.25, -0.2) is 9.97 Å². The molecule has 0 aromatic carbocycles. The van der Waals surface area contributed by atoms with Crippen LogP contribution in [-0.2, 0) is 13.6 Å². The second kappa shape index (κ2) is 4.86. The van der Waals surface area contributed by atoms with E-state index in [1.54, 1.807) is 4.68 Å². The van der Waals surface area contributed by atoms with Gasteiger partial charge in [0.2, 0.25) is 0 Å². The molecular formula is C14H17N5S. The topological polar surface area (TPSA) is 46.8 Å². The number of nitrogens with zero attached hydrogens (tertiary/aromatic N) is 5. The molecule has 0 radical (unpaired) electrons. The second-order valence-corrected chi connectivity index (χ2v) is 6.34. The molecule has 0 aliphatic rings. The SMILES string of the molecule is Cc1nc(N(C)Cc2ccc(C)s2)c2cnn(C)c2n1. The Hall–Kier alpha value is -1.95. The lowest BCUT2D eigenvalue weighted by atomic mass is 10.3. The zero-order valence-electron chi connectivity index (χ0n) is 12.1. The molecular weight excluding hydrogens is 270 g/mol. The van der Waals surface area contributed by atoms with Crippen LogP contribution in [-0.4, -0.2) is 26.8 Å². The van der Waals surface area contributed by atoms with Crippen LogP contribution in [0.4, 0.5) is 5.82 Å². The van der Waals surface area contributed by atoms with Crippen LogP contribution in [0.5, 0.6) is 0 Å². The monoisotopic (exact) mass is 287 g/mol. The number of thiophene rings is 1. The van der Waals surface area contributed by atoms with Gasteiger partial charge < -0.3 is 4.90 Å². The van der Waals surface area contributed by atoms with E-state index in [2.05, 4.69) is 46.1 Å². The summed E-state index contributed by atoms with van der Waals surface area (Å²) in [6.07, 6.45) is 1.83. The Kier molecular flexibility index (Phi) is 3.17. The predicted octanol–water partition coefficient (Wildman–Crippen LogP) is 2.68. The Labute approximate surface area is 121 Å². The van der Waals surface area contributed by atoms with Gasteiger partial charge in [-0.3, -0.25) is 4.68 Å². The molecule has 0 atom stereocenters. The smallest absolute Gasteiger partial charge is 0.163 e. The average Bonchev–Trinajstić information content (AvgIpc) is 2.96. The highest BCUT2D eigenvalue weighted by atomic mass is 32.1. The largest absolute Gasteiger partial charge is 0.354 e. The van der Waals surface area contributed by atoms with E-state index in [9.17, 15) is 0 Å². The first-order valence-electron chi connectivity index (χ1n) is 6.47. The predicted molar refractivity (Wildman–Crippen MR) is 82.2 cm³/mol. The van der Waals surface area contributed by atoms with Crippen LogP contribution < -0.4 is 4.90 Å². The Balaban J connectivity index is 2.00. The number of hydrogen-bond donors (Lipinski definition) is 0. The van der Waals surface area contributed by atoms with Gasteiger partial charge in [-0.1, -0.05) is 0 Å². The quantitative estimate of drug-likeness (QED) is 0.743. The van der Waals surface area contributed by atoms with Crippen LogP contribution in [0.1, 0.15) is 15.6 Å². The number of hydrogen-bond acceptors (Lipinski definition) is 5. The third-order valence-electron chi connectivity index (χ3n) is 3.23. The van der Waals surface area contributed by atoms with Crippen molar-refractivity contribution in [1.29, 1.82) is 0 Å². The minimum atomic E-state index is 0.769. The van der Waals surface area contributed by atoms with E-state index in [-0.39, 0.29) is 0 Å². The van der Waals surface area contributed by atoms with Crippen molar-refractivity contribution in [2.75, 3.05) is 11.9 Å². The van der Waals surface area contributed by atoms with Gasteiger partial charge in [-0.05, 0) is 26.0 Å². The van der Waals surface area contributed by atoms with Gasteiger partial charge >= 0.3 is 0 Å². The molecule has 0 N–H and O–H groups in total. The fourth-order valence-corrected chi connectivity index (χ4v) is 3.23. The van der Waals surface area contributed by atoms with Gasteiger partial charge in [0.25, 0.3) is 0 Å². The van der Waals surface area contributed by atoms with E-state index in [1.165, 1.54) is 9.75 Å². The van der Waals surface area contributed by atoms with E-state index in [4.69, 9.17) is 0 Å². The van der Waals surface area contributed by atoms with E-state index in [0.29, 0.717) is 0 Å². The molecule has 0 aliphatic carbocycles. The summed E-state index contributed by atoms with van der Waals surface area (Å²) in [5.74, 6) is 1.71. The molecule has 6 heteroatoms. The summed E-state index contributed by atoms with van der Waals surface area (Å²) in [6.45, 7) is 4.89. The third-order valence-corrected chi connectivity index (χ3v) is 4.22. The van der Waals surface area contributed by atoms with E-state index < -0.39 is 0 Å². The molecule has 3 rings (SSSR count).